The first kappa shape index (κ1) is 20.7. The second kappa shape index (κ2) is 8.68. The number of hydrogen-bond acceptors (Lipinski definition) is 4. The Morgan fingerprint density at radius 2 is 1.68 bits per heavy atom. The number of carbonyl (C=O) groups excluding carboxylic acids is 2. The van der Waals surface area contributed by atoms with Crippen molar-refractivity contribution in [3.8, 4) is 5.75 Å². The van der Waals surface area contributed by atoms with Crippen LogP contribution in [0.25, 0.3) is 16.5 Å². The van der Waals surface area contributed by atoms with E-state index in [2.05, 4.69) is 16.7 Å². The minimum absolute atomic E-state index is 0.139. The Morgan fingerprint density at radius 1 is 1.00 bits per heavy atom. The van der Waals surface area contributed by atoms with Gasteiger partial charge in [-0.3, -0.25) is 9.59 Å². The molecule has 2 N–H and O–H groups in total. The van der Waals surface area contributed by atoms with Crippen molar-refractivity contribution in [3.05, 3.63) is 59.4 Å². The van der Waals surface area contributed by atoms with Crippen LogP contribution in [0.2, 0.25) is 0 Å². The summed E-state index contributed by atoms with van der Waals surface area (Å²) in [5.74, 6) is 1.38. The molecule has 1 heterocycles. The van der Waals surface area contributed by atoms with Crippen LogP contribution in [-0.2, 0) is 22.4 Å². The fourth-order valence-electron chi connectivity index (χ4n) is 4.06. The van der Waals surface area contributed by atoms with Crippen molar-refractivity contribution < 1.29 is 18.7 Å². The van der Waals surface area contributed by atoms with Crippen LogP contribution >= 0.6 is 0 Å². The molecule has 0 fully saturated rings. The standard InChI is InChI=1S/C25H26N2O4/c1-15(12-25(29)27-18-10-8-17(9-11-18)26-16(2)28)20-13-21-19-6-4-5-7-22(19)31-24(21)14-23(20)30-3/h8-14H,4-7H2,1-3H3,(H,26,28)(H,27,29)/b15-12+. The molecule has 0 bridgehead atoms. The van der Waals surface area contributed by atoms with Crippen LogP contribution in [0.3, 0.4) is 0 Å². The zero-order chi connectivity index (χ0) is 22.0. The van der Waals surface area contributed by atoms with Gasteiger partial charge in [-0.1, -0.05) is 0 Å². The highest BCUT2D eigenvalue weighted by Gasteiger charge is 2.20. The lowest BCUT2D eigenvalue weighted by Gasteiger charge is -2.11. The van der Waals surface area contributed by atoms with Gasteiger partial charge in [0.15, 0.2) is 0 Å². The van der Waals surface area contributed by atoms with Crippen LogP contribution in [0.1, 0.15) is 43.6 Å². The number of rotatable bonds is 5. The molecule has 1 aromatic heterocycles. The lowest BCUT2D eigenvalue weighted by molar-refractivity contribution is -0.114. The number of amides is 2. The van der Waals surface area contributed by atoms with Gasteiger partial charge in [0, 0.05) is 53.4 Å². The summed E-state index contributed by atoms with van der Waals surface area (Å²) in [7, 11) is 1.62. The monoisotopic (exact) mass is 418 g/mol. The Morgan fingerprint density at radius 3 is 2.35 bits per heavy atom. The maximum Gasteiger partial charge on any atom is 0.248 e. The van der Waals surface area contributed by atoms with Gasteiger partial charge in [0.05, 0.1) is 7.11 Å². The van der Waals surface area contributed by atoms with Crippen molar-refractivity contribution >= 4 is 39.7 Å². The van der Waals surface area contributed by atoms with Crippen molar-refractivity contribution in [2.75, 3.05) is 17.7 Å². The summed E-state index contributed by atoms with van der Waals surface area (Å²) in [6.45, 7) is 3.35. The molecule has 0 radical (unpaired) electrons. The van der Waals surface area contributed by atoms with Crippen molar-refractivity contribution in [1.29, 1.82) is 0 Å². The van der Waals surface area contributed by atoms with E-state index in [9.17, 15) is 9.59 Å². The highest BCUT2D eigenvalue weighted by molar-refractivity contribution is 6.05. The van der Waals surface area contributed by atoms with E-state index in [0.29, 0.717) is 17.1 Å². The number of methoxy groups -OCH3 is 1. The molecule has 4 rings (SSSR count). The molecule has 3 aromatic rings. The number of benzene rings is 2. The molecule has 0 spiro atoms. The van der Waals surface area contributed by atoms with E-state index in [-0.39, 0.29) is 11.8 Å². The number of ether oxygens (including phenoxy) is 1. The third kappa shape index (κ3) is 4.48. The summed E-state index contributed by atoms with van der Waals surface area (Å²) in [4.78, 5) is 23.7. The SMILES string of the molecule is COc1cc2oc3c(c2cc1/C(C)=C/C(=O)Nc1ccc(NC(C)=O)cc1)CCCC3. The maximum absolute atomic E-state index is 12.6. The highest BCUT2D eigenvalue weighted by Crippen LogP contribution is 2.37. The van der Waals surface area contributed by atoms with Gasteiger partial charge < -0.3 is 19.8 Å². The topological polar surface area (TPSA) is 80.6 Å². The van der Waals surface area contributed by atoms with Crippen LogP contribution in [0.4, 0.5) is 11.4 Å². The van der Waals surface area contributed by atoms with Crippen molar-refractivity contribution in [2.45, 2.75) is 39.5 Å². The predicted molar refractivity (Wildman–Crippen MR) is 122 cm³/mol. The van der Waals surface area contributed by atoms with Gasteiger partial charge in [-0.2, -0.15) is 0 Å². The number of anilines is 2. The fourth-order valence-corrected chi connectivity index (χ4v) is 4.06. The largest absolute Gasteiger partial charge is 0.496 e. The molecular formula is C25H26N2O4. The molecule has 160 valence electrons. The predicted octanol–water partition coefficient (Wildman–Crippen LogP) is 5.32. The molecule has 0 atom stereocenters. The first-order valence-corrected chi connectivity index (χ1v) is 10.4. The minimum Gasteiger partial charge on any atom is -0.496 e. The van der Waals surface area contributed by atoms with Gasteiger partial charge in [-0.25, -0.2) is 0 Å². The molecule has 0 saturated heterocycles. The van der Waals surface area contributed by atoms with Gasteiger partial charge in [-0.05, 0) is 62.1 Å². The van der Waals surface area contributed by atoms with Gasteiger partial charge in [0.1, 0.15) is 17.1 Å². The Bertz CT molecular complexity index is 1170. The van der Waals surface area contributed by atoms with E-state index in [1.165, 1.54) is 18.9 Å². The van der Waals surface area contributed by atoms with Gasteiger partial charge in [0.2, 0.25) is 11.8 Å². The number of nitrogens with one attached hydrogen (secondary N) is 2. The number of hydrogen-bond donors (Lipinski definition) is 2. The Kier molecular flexibility index (Phi) is 5.80. The van der Waals surface area contributed by atoms with E-state index < -0.39 is 0 Å². The summed E-state index contributed by atoms with van der Waals surface area (Å²) in [6, 6.07) is 11.0. The quantitative estimate of drug-likeness (QED) is 0.550. The molecule has 1 aliphatic carbocycles. The van der Waals surface area contributed by atoms with Crippen LogP contribution in [0.15, 0.2) is 46.9 Å². The lowest BCUT2D eigenvalue weighted by Crippen LogP contribution is -2.09. The van der Waals surface area contributed by atoms with Gasteiger partial charge in [0.25, 0.3) is 0 Å². The summed E-state index contributed by atoms with van der Waals surface area (Å²) in [5, 5.41) is 6.66. The molecule has 31 heavy (non-hydrogen) atoms. The van der Waals surface area contributed by atoms with Gasteiger partial charge in [-0.15, -0.1) is 0 Å². The zero-order valence-corrected chi connectivity index (χ0v) is 18.0. The van der Waals surface area contributed by atoms with Crippen LogP contribution in [0, 0.1) is 0 Å². The molecule has 6 nitrogen and oxygen atoms in total. The average Bonchev–Trinajstić information content (AvgIpc) is 3.11. The van der Waals surface area contributed by atoms with Crippen molar-refractivity contribution in [3.63, 3.8) is 0 Å². The molecule has 0 unspecified atom stereocenters. The zero-order valence-electron chi connectivity index (χ0n) is 18.0. The Labute approximate surface area is 181 Å². The molecule has 6 heteroatoms. The third-order valence-corrected chi connectivity index (χ3v) is 5.52. The number of fused-ring (bicyclic) bond motifs is 3. The number of carbonyl (C=O) groups is 2. The normalized spacial score (nSPS) is 13.6. The third-order valence-electron chi connectivity index (χ3n) is 5.52. The van der Waals surface area contributed by atoms with Crippen molar-refractivity contribution in [1.82, 2.24) is 0 Å². The van der Waals surface area contributed by atoms with Crippen LogP contribution < -0.4 is 15.4 Å². The van der Waals surface area contributed by atoms with Crippen LogP contribution in [0.5, 0.6) is 5.75 Å². The van der Waals surface area contributed by atoms with E-state index in [1.807, 2.05) is 13.0 Å². The summed E-state index contributed by atoms with van der Waals surface area (Å²) in [5.41, 5.74) is 5.12. The number of aryl methyl sites for hydroxylation is 2. The summed E-state index contributed by atoms with van der Waals surface area (Å²) >= 11 is 0. The lowest BCUT2D eigenvalue weighted by atomic mass is 9.94. The number of furan rings is 1. The first-order valence-electron chi connectivity index (χ1n) is 10.4. The average molecular weight is 418 g/mol. The second-order valence-corrected chi connectivity index (χ2v) is 7.83. The molecule has 0 aliphatic heterocycles. The molecule has 2 aromatic carbocycles. The van der Waals surface area contributed by atoms with Crippen molar-refractivity contribution in [2.24, 2.45) is 0 Å². The fraction of sp³-hybridized carbons (Fsp3) is 0.280. The second-order valence-electron chi connectivity index (χ2n) is 7.83. The summed E-state index contributed by atoms with van der Waals surface area (Å²) in [6.07, 6.45) is 5.88. The first-order chi connectivity index (χ1) is 14.9. The molecule has 2 amide bonds. The van der Waals surface area contributed by atoms with E-state index in [1.54, 1.807) is 37.5 Å². The Balaban J connectivity index is 1.58. The molecule has 0 saturated carbocycles. The minimum atomic E-state index is -0.235. The smallest absolute Gasteiger partial charge is 0.248 e. The van der Waals surface area contributed by atoms with E-state index >= 15 is 0 Å². The van der Waals surface area contributed by atoms with E-state index in [0.717, 1.165) is 47.1 Å². The number of allylic oxidation sites excluding steroid dienone is 1. The Hall–Kier alpha value is -3.54. The van der Waals surface area contributed by atoms with E-state index in [4.69, 9.17) is 9.15 Å². The molecule has 1 aliphatic rings. The highest BCUT2D eigenvalue weighted by atomic mass is 16.5. The van der Waals surface area contributed by atoms with Crippen LogP contribution in [-0.4, -0.2) is 18.9 Å². The maximum atomic E-state index is 12.6. The summed E-state index contributed by atoms with van der Waals surface area (Å²) < 4.78 is 11.6. The van der Waals surface area contributed by atoms with Gasteiger partial charge >= 0.3 is 0 Å². The molecular weight excluding hydrogens is 392 g/mol.